The van der Waals surface area contributed by atoms with Gasteiger partial charge in [0.15, 0.2) is 0 Å². The van der Waals surface area contributed by atoms with Crippen molar-refractivity contribution in [1.82, 2.24) is 0 Å². The van der Waals surface area contributed by atoms with Crippen molar-refractivity contribution in [2.24, 2.45) is 0 Å². The molecule has 1 nitrogen and oxygen atoms in total. The Bertz CT molecular complexity index is 3440. The zero-order chi connectivity index (χ0) is 45.8. The van der Waals surface area contributed by atoms with E-state index < -0.39 is 5.41 Å². The van der Waals surface area contributed by atoms with E-state index >= 15 is 0 Å². The molecular formula is C67H51N. The Morgan fingerprint density at radius 1 is 0.279 bits per heavy atom. The van der Waals surface area contributed by atoms with Crippen LogP contribution in [0.1, 0.15) is 72.2 Å². The van der Waals surface area contributed by atoms with Crippen molar-refractivity contribution in [3.63, 3.8) is 0 Å². The number of nitrogens with zero attached hydrogens (tertiary/aromatic N) is 1. The first-order valence-electron chi connectivity index (χ1n) is 24.1. The second-order valence-corrected chi connectivity index (χ2v) is 20.0. The van der Waals surface area contributed by atoms with Crippen LogP contribution < -0.4 is 4.90 Å². The van der Waals surface area contributed by atoms with Gasteiger partial charge in [-0.15, -0.1) is 0 Å². The van der Waals surface area contributed by atoms with Crippen LogP contribution in [0.4, 0.5) is 17.1 Å². The van der Waals surface area contributed by atoms with Crippen LogP contribution in [0.5, 0.6) is 0 Å². The summed E-state index contributed by atoms with van der Waals surface area (Å²) in [6.07, 6.45) is 0. The molecule has 0 bridgehead atoms. The van der Waals surface area contributed by atoms with Gasteiger partial charge in [0.2, 0.25) is 0 Å². The van der Waals surface area contributed by atoms with Gasteiger partial charge in [-0.05, 0) is 137 Å². The summed E-state index contributed by atoms with van der Waals surface area (Å²) in [5, 5.41) is 0. The molecule has 0 aromatic heterocycles. The molecule has 0 unspecified atom stereocenters. The van der Waals surface area contributed by atoms with Gasteiger partial charge in [-0.3, -0.25) is 0 Å². The number of rotatable bonds is 7. The monoisotopic (exact) mass is 869 g/mol. The lowest BCUT2D eigenvalue weighted by atomic mass is 9.68. The molecule has 10 aromatic rings. The Balaban J connectivity index is 1.03. The fraction of sp³-hybridized carbons (Fsp3) is 0.104. The summed E-state index contributed by atoms with van der Waals surface area (Å²) in [5.74, 6) is 0. The van der Waals surface area contributed by atoms with E-state index in [-0.39, 0.29) is 10.8 Å². The minimum absolute atomic E-state index is 0.0504. The molecule has 0 amide bonds. The van der Waals surface area contributed by atoms with E-state index in [2.05, 4.69) is 269 Å². The van der Waals surface area contributed by atoms with E-state index in [4.69, 9.17) is 0 Å². The molecule has 0 heterocycles. The Kier molecular flexibility index (Phi) is 8.89. The number of benzene rings is 10. The van der Waals surface area contributed by atoms with Gasteiger partial charge in [-0.2, -0.15) is 0 Å². The predicted molar refractivity (Wildman–Crippen MR) is 284 cm³/mol. The predicted octanol–water partition coefficient (Wildman–Crippen LogP) is 17.5. The van der Waals surface area contributed by atoms with Crippen LogP contribution in [0.3, 0.4) is 0 Å². The van der Waals surface area contributed by atoms with Gasteiger partial charge in [0, 0.05) is 27.8 Å². The Morgan fingerprint density at radius 3 is 1.19 bits per heavy atom. The highest BCUT2D eigenvalue weighted by Gasteiger charge is 2.47. The van der Waals surface area contributed by atoms with Gasteiger partial charge in [0.05, 0.1) is 11.1 Å². The molecule has 0 fully saturated rings. The molecule has 0 aliphatic heterocycles. The molecule has 10 aromatic carbocycles. The summed E-state index contributed by atoms with van der Waals surface area (Å²) in [5.41, 5.74) is 26.0. The van der Waals surface area contributed by atoms with E-state index in [0.717, 1.165) is 17.1 Å². The normalized spacial score (nSPS) is 14.8. The first-order valence-corrected chi connectivity index (χ1v) is 24.1. The molecule has 0 N–H and O–H groups in total. The molecule has 13 rings (SSSR count). The minimum atomic E-state index is -0.525. The van der Waals surface area contributed by atoms with Crippen LogP contribution in [0.25, 0.3) is 55.6 Å². The lowest BCUT2D eigenvalue weighted by molar-refractivity contribution is 0.660. The Labute approximate surface area is 400 Å². The maximum absolute atomic E-state index is 2.52. The molecule has 68 heavy (non-hydrogen) atoms. The van der Waals surface area contributed by atoms with E-state index in [0.29, 0.717) is 0 Å². The molecule has 0 radical (unpaired) electrons. The first-order chi connectivity index (χ1) is 33.2. The minimum Gasteiger partial charge on any atom is -0.310 e. The molecule has 324 valence electrons. The summed E-state index contributed by atoms with van der Waals surface area (Å²) in [6, 6.07) is 88.8. The molecule has 0 atom stereocenters. The van der Waals surface area contributed by atoms with Gasteiger partial charge >= 0.3 is 0 Å². The summed E-state index contributed by atoms with van der Waals surface area (Å²) in [4.78, 5) is 2.52. The van der Waals surface area contributed by atoms with Crippen LogP contribution in [-0.4, -0.2) is 0 Å². The van der Waals surface area contributed by atoms with Crippen molar-refractivity contribution in [1.29, 1.82) is 0 Å². The third-order valence-electron chi connectivity index (χ3n) is 15.7. The second kappa shape index (κ2) is 15.0. The summed E-state index contributed by atoms with van der Waals surface area (Å²) in [7, 11) is 0. The zero-order valence-electron chi connectivity index (χ0n) is 39.0. The third kappa shape index (κ3) is 5.75. The number of fused-ring (bicyclic) bond motifs is 9. The average molecular weight is 870 g/mol. The molecule has 3 aliphatic rings. The smallest absolute Gasteiger partial charge is 0.0714 e. The molecule has 1 heteroatoms. The van der Waals surface area contributed by atoms with Gasteiger partial charge in [-0.1, -0.05) is 222 Å². The first kappa shape index (κ1) is 40.3. The van der Waals surface area contributed by atoms with Crippen LogP contribution in [0.15, 0.2) is 237 Å². The van der Waals surface area contributed by atoms with Crippen molar-refractivity contribution < 1.29 is 0 Å². The Morgan fingerprint density at radius 2 is 0.676 bits per heavy atom. The second-order valence-electron chi connectivity index (χ2n) is 20.0. The van der Waals surface area contributed by atoms with Gasteiger partial charge in [-0.25, -0.2) is 0 Å². The van der Waals surface area contributed by atoms with E-state index in [9.17, 15) is 0 Å². The molecule has 3 aliphatic carbocycles. The number of hydrogen-bond donors (Lipinski definition) is 0. The van der Waals surface area contributed by atoms with Crippen LogP contribution in [0, 0.1) is 0 Å². The summed E-state index contributed by atoms with van der Waals surface area (Å²) < 4.78 is 0. The van der Waals surface area contributed by atoms with Gasteiger partial charge in [0.1, 0.15) is 0 Å². The van der Waals surface area contributed by atoms with Crippen LogP contribution in [-0.2, 0) is 16.2 Å². The SMILES string of the molecule is CC1(C)c2ccccc2-c2cc(-c3cccc(N(c4cccc(-c5ccc6c(c5)-c5ccccc5C6(C)C)c4)c4cccc5c4-c4ccccc4C5(c4ccccc4)c4ccccc4)c3)ccc21. The largest absolute Gasteiger partial charge is 0.310 e. The lowest BCUT2D eigenvalue weighted by Gasteiger charge is -2.34. The van der Waals surface area contributed by atoms with Crippen molar-refractivity contribution >= 4 is 17.1 Å². The fourth-order valence-electron chi connectivity index (χ4n) is 12.5. The maximum Gasteiger partial charge on any atom is 0.0714 e. The standard InChI is InChI=1S/C67H51N/c1-65(2)57-31-14-11-28-52(57)55-42-46(36-38-59(55)65)44-20-17-26-50(40-44)68(51-27-18-21-45(41-51)47-37-39-60-56(43-47)53-29-12-15-32-58(53)66(60,3)4)63-35-19-34-62-64(63)54-30-13-16-33-61(54)67(62,48-22-7-5-8-23-48)49-24-9-6-10-25-49/h5-43H,1-4H3. The summed E-state index contributed by atoms with van der Waals surface area (Å²) in [6.45, 7) is 9.42. The average Bonchev–Trinajstić information content (AvgIpc) is 3.92. The third-order valence-corrected chi connectivity index (χ3v) is 15.7. The lowest BCUT2D eigenvalue weighted by Crippen LogP contribution is -2.28. The summed E-state index contributed by atoms with van der Waals surface area (Å²) >= 11 is 0. The molecule has 0 saturated carbocycles. The van der Waals surface area contributed by atoms with Crippen LogP contribution in [0.2, 0.25) is 0 Å². The van der Waals surface area contributed by atoms with Crippen LogP contribution >= 0.6 is 0 Å². The van der Waals surface area contributed by atoms with E-state index in [1.165, 1.54) is 100 Å². The van der Waals surface area contributed by atoms with Gasteiger partial charge in [0.25, 0.3) is 0 Å². The zero-order valence-corrected chi connectivity index (χ0v) is 39.0. The quantitative estimate of drug-likeness (QED) is 0.154. The van der Waals surface area contributed by atoms with Crippen molar-refractivity contribution in [2.45, 2.75) is 43.9 Å². The number of anilines is 3. The molecular weight excluding hydrogens is 819 g/mol. The highest BCUT2D eigenvalue weighted by atomic mass is 15.1. The molecule has 0 spiro atoms. The molecule has 0 saturated heterocycles. The van der Waals surface area contributed by atoms with Gasteiger partial charge < -0.3 is 4.90 Å². The Hall–Kier alpha value is -8.00. The van der Waals surface area contributed by atoms with Crippen molar-refractivity contribution in [3.8, 4) is 55.6 Å². The fourth-order valence-corrected chi connectivity index (χ4v) is 12.5. The highest BCUT2D eigenvalue weighted by molar-refractivity contribution is 5.98. The number of hydrogen-bond acceptors (Lipinski definition) is 1. The topological polar surface area (TPSA) is 3.24 Å². The van der Waals surface area contributed by atoms with E-state index in [1.54, 1.807) is 0 Å². The van der Waals surface area contributed by atoms with Crippen molar-refractivity contribution in [2.75, 3.05) is 4.90 Å². The maximum atomic E-state index is 2.52. The highest BCUT2D eigenvalue weighted by Crippen LogP contribution is 2.60. The van der Waals surface area contributed by atoms with E-state index in [1.807, 2.05) is 0 Å². The van der Waals surface area contributed by atoms with Crippen molar-refractivity contribution in [3.05, 3.63) is 281 Å².